The molecular formula is C16H17ClN2O2. The van der Waals surface area contributed by atoms with Crippen molar-refractivity contribution in [2.45, 2.75) is 13.3 Å². The van der Waals surface area contributed by atoms with Crippen LogP contribution in [0, 0.1) is 11.8 Å². The van der Waals surface area contributed by atoms with Crippen molar-refractivity contribution in [2.75, 3.05) is 18.0 Å². The van der Waals surface area contributed by atoms with Crippen molar-refractivity contribution in [1.29, 1.82) is 0 Å². The van der Waals surface area contributed by atoms with Crippen LogP contribution in [0.2, 0.25) is 5.02 Å². The number of anilines is 1. The molecule has 1 aromatic heterocycles. The molecule has 2 unspecified atom stereocenters. The summed E-state index contributed by atoms with van der Waals surface area (Å²) in [5.74, 6) is -0.693. The summed E-state index contributed by atoms with van der Waals surface area (Å²) >= 11 is 6.10. The van der Waals surface area contributed by atoms with Gasteiger partial charge in [-0.05, 0) is 36.6 Å². The highest BCUT2D eigenvalue weighted by molar-refractivity contribution is 6.31. The summed E-state index contributed by atoms with van der Waals surface area (Å²) in [6, 6.07) is 7.55. The average Bonchev–Trinajstić information content (AvgIpc) is 2.45. The molecule has 21 heavy (non-hydrogen) atoms. The van der Waals surface area contributed by atoms with Crippen LogP contribution in [0.1, 0.15) is 13.3 Å². The predicted octanol–water partition coefficient (Wildman–Crippen LogP) is 3.44. The van der Waals surface area contributed by atoms with E-state index in [9.17, 15) is 9.90 Å². The first-order valence-electron chi connectivity index (χ1n) is 7.06. The standard InChI is InChI=1S/C16H17ClN2O2/c1-10-6-11(16(20)21)9-19(8-10)15-4-5-18-14-3-2-12(17)7-13(14)15/h2-5,7,10-11H,6,8-9H2,1H3,(H,20,21). The minimum absolute atomic E-state index is 0.323. The third-order valence-corrected chi connectivity index (χ3v) is 4.27. The lowest BCUT2D eigenvalue weighted by molar-refractivity contribution is -0.142. The van der Waals surface area contributed by atoms with Crippen LogP contribution in [-0.2, 0) is 4.79 Å². The van der Waals surface area contributed by atoms with Gasteiger partial charge < -0.3 is 10.0 Å². The highest BCUT2D eigenvalue weighted by Crippen LogP contribution is 2.32. The van der Waals surface area contributed by atoms with Crippen molar-refractivity contribution in [3.63, 3.8) is 0 Å². The van der Waals surface area contributed by atoms with Crippen LogP contribution in [0.4, 0.5) is 5.69 Å². The van der Waals surface area contributed by atoms with Gasteiger partial charge in [0.15, 0.2) is 0 Å². The van der Waals surface area contributed by atoms with Gasteiger partial charge in [0.25, 0.3) is 0 Å². The van der Waals surface area contributed by atoms with Gasteiger partial charge in [0.05, 0.1) is 11.4 Å². The number of rotatable bonds is 2. The maximum atomic E-state index is 11.3. The second-order valence-corrected chi connectivity index (χ2v) is 6.21. The number of benzene rings is 1. The molecule has 1 aliphatic heterocycles. The van der Waals surface area contributed by atoms with Crippen molar-refractivity contribution in [2.24, 2.45) is 11.8 Å². The van der Waals surface area contributed by atoms with E-state index in [1.165, 1.54) is 0 Å². The van der Waals surface area contributed by atoms with Crippen LogP contribution in [0.15, 0.2) is 30.5 Å². The Kier molecular flexibility index (Phi) is 3.72. The number of fused-ring (bicyclic) bond motifs is 1. The Bertz CT molecular complexity index is 689. The zero-order valence-electron chi connectivity index (χ0n) is 11.8. The Morgan fingerprint density at radius 2 is 2.19 bits per heavy atom. The summed E-state index contributed by atoms with van der Waals surface area (Å²) in [5, 5.41) is 11.0. The lowest BCUT2D eigenvalue weighted by atomic mass is 9.90. The molecular weight excluding hydrogens is 288 g/mol. The fraction of sp³-hybridized carbons (Fsp3) is 0.375. The minimum Gasteiger partial charge on any atom is -0.481 e. The molecule has 4 nitrogen and oxygen atoms in total. The fourth-order valence-electron chi connectivity index (χ4n) is 3.11. The molecule has 0 amide bonds. The van der Waals surface area contributed by atoms with Gasteiger partial charge in [-0.1, -0.05) is 18.5 Å². The van der Waals surface area contributed by atoms with Gasteiger partial charge in [0.1, 0.15) is 0 Å². The van der Waals surface area contributed by atoms with Crippen molar-refractivity contribution >= 4 is 34.2 Å². The molecule has 0 bridgehead atoms. The highest BCUT2D eigenvalue weighted by Gasteiger charge is 2.30. The Labute approximate surface area is 128 Å². The number of aromatic nitrogens is 1. The van der Waals surface area contributed by atoms with E-state index in [-0.39, 0.29) is 5.92 Å². The molecule has 5 heteroatoms. The molecule has 1 aliphatic rings. The normalized spacial score (nSPS) is 22.5. The Balaban J connectivity index is 2.03. The lowest BCUT2D eigenvalue weighted by Crippen LogP contribution is -2.42. The van der Waals surface area contributed by atoms with Crippen molar-refractivity contribution in [3.05, 3.63) is 35.5 Å². The number of aliphatic carboxylic acids is 1. The number of carboxylic acids is 1. The number of hydrogen-bond donors (Lipinski definition) is 1. The van der Waals surface area contributed by atoms with Gasteiger partial charge >= 0.3 is 5.97 Å². The monoisotopic (exact) mass is 304 g/mol. The van der Waals surface area contributed by atoms with Crippen molar-refractivity contribution < 1.29 is 9.90 Å². The first-order valence-corrected chi connectivity index (χ1v) is 7.44. The molecule has 110 valence electrons. The maximum Gasteiger partial charge on any atom is 0.308 e. The minimum atomic E-state index is -0.719. The average molecular weight is 305 g/mol. The second-order valence-electron chi connectivity index (χ2n) is 5.77. The smallest absolute Gasteiger partial charge is 0.308 e. The fourth-order valence-corrected chi connectivity index (χ4v) is 3.28. The van der Waals surface area contributed by atoms with Crippen LogP contribution in [0.5, 0.6) is 0 Å². The summed E-state index contributed by atoms with van der Waals surface area (Å²) in [5.41, 5.74) is 1.89. The highest BCUT2D eigenvalue weighted by atomic mass is 35.5. The predicted molar refractivity (Wildman–Crippen MR) is 83.9 cm³/mol. The molecule has 3 rings (SSSR count). The van der Waals surface area contributed by atoms with Gasteiger partial charge in [0, 0.05) is 35.4 Å². The molecule has 0 saturated carbocycles. The molecule has 0 spiro atoms. The molecule has 0 aliphatic carbocycles. The van der Waals surface area contributed by atoms with E-state index < -0.39 is 5.97 Å². The summed E-state index contributed by atoms with van der Waals surface area (Å²) in [4.78, 5) is 17.8. The summed E-state index contributed by atoms with van der Waals surface area (Å²) in [6.07, 6.45) is 2.50. The van der Waals surface area contributed by atoms with Gasteiger partial charge in [-0.25, -0.2) is 0 Å². The van der Waals surface area contributed by atoms with Gasteiger partial charge in [-0.2, -0.15) is 0 Å². The Hall–Kier alpha value is -1.81. The van der Waals surface area contributed by atoms with Crippen LogP contribution < -0.4 is 4.90 Å². The van der Waals surface area contributed by atoms with E-state index in [1.54, 1.807) is 6.20 Å². The first-order chi connectivity index (χ1) is 10.0. The zero-order chi connectivity index (χ0) is 15.0. The van der Waals surface area contributed by atoms with Crippen molar-refractivity contribution in [3.8, 4) is 0 Å². The zero-order valence-corrected chi connectivity index (χ0v) is 12.5. The number of carboxylic acid groups (broad SMARTS) is 1. The molecule has 2 heterocycles. The third kappa shape index (κ3) is 2.81. The lowest BCUT2D eigenvalue weighted by Gasteiger charge is -2.36. The molecule has 1 fully saturated rings. The van der Waals surface area contributed by atoms with E-state index in [0.29, 0.717) is 17.5 Å². The van der Waals surface area contributed by atoms with Crippen LogP contribution in [-0.4, -0.2) is 29.1 Å². The Morgan fingerprint density at radius 3 is 2.95 bits per heavy atom. The van der Waals surface area contributed by atoms with E-state index in [0.717, 1.165) is 29.6 Å². The summed E-state index contributed by atoms with van der Waals surface area (Å²) in [6.45, 7) is 3.49. The molecule has 1 saturated heterocycles. The largest absolute Gasteiger partial charge is 0.481 e. The topological polar surface area (TPSA) is 53.4 Å². The SMILES string of the molecule is CC1CC(C(=O)O)CN(c2ccnc3ccc(Cl)cc23)C1. The van der Waals surface area contributed by atoms with E-state index in [2.05, 4.69) is 16.8 Å². The Morgan fingerprint density at radius 1 is 1.38 bits per heavy atom. The van der Waals surface area contributed by atoms with Gasteiger partial charge in [-0.15, -0.1) is 0 Å². The molecule has 1 N–H and O–H groups in total. The van der Waals surface area contributed by atoms with Crippen LogP contribution >= 0.6 is 11.6 Å². The van der Waals surface area contributed by atoms with E-state index in [1.807, 2.05) is 24.3 Å². The second kappa shape index (κ2) is 5.53. The summed E-state index contributed by atoms with van der Waals surface area (Å²) < 4.78 is 0. The van der Waals surface area contributed by atoms with Gasteiger partial charge in [0.2, 0.25) is 0 Å². The molecule has 2 aromatic rings. The van der Waals surface area contributed by atoms with E-state index >= 15 is 0 Å². The van der Waals surface area contributed by atoms with Crippen LogP contribution in [0.3, 0.4) is 0 Å². The maximum absolute atomic E-state index is 11.3. The number of piperidine rings is 1. The molecule has 2 atom stereocenters. The number of halogens is 1. The number of hydrogen-bond acceptors (Lipinski definition) is 3. The number of pyridine rings is 1. The first kappa shape index (κ1) is 14.1. The third-order valence-electron chi connectivity index (χ3n) is 4.03. The van der Waals surface area contributed by atoms with E-state index in [4.69, 9.17) is 11.6 Å². The van der Waals surface area contributed by atoms with Crippen molar-refractivity contribution in [1.82, 2.24) is 4.98 Å². The summed E-state index contributed by atoms with van der Waals surface area (Å²) in [7, 11) is 0. The quantitative estimate of drug-likeness (QED) is 0.923. The van der Waals surface area contributed by atoms with Crippen LogP contribution in [0.25, 0.3) is 10.9 Å². The number of nitrogens with zero attached hydrogens (tertiary/aromatic N) is 2. The number of carbonyl (C=O) groups is 1. The molecule has 0 radical (unpaired) electrons. The molecule has 1 aromatic carbocycles. The van der Waals surface area contributed by atoms with Gasteiger partial charge in [-0.3, -0.25) is 9.78 Å².